The van der Waals surface area contributed by atoms with Crippen LogP contribution in [0.2, 0.25) is 0 Å². The number of fused-ring (bicyclic) bond motifs is 1. The summed E-state index contributed by atoms with van der Waals surface area (Å²) in [6, 6.07) is 0.260. The molecular weight excluding hydrogens is 384 g/mol. The van der Waals surface area contributed by atoms with E-state index >= 15 is 0 Å². The zero-order valence-corrected chi connectivity index (χ0v) is 14.6. The van der Waals surface area contributed by atoms with Crippen LogP contribution >= 0.6 is 0 Å². The van der Waals surface area contributed by atoms with Gasteiger partial charge >= 0.3 is 12.3 Å². The van der Waals surface area contributed by atoms with Gasteiger partial charge in [-0.05, 0) is 30.9 Å². The van der Waals surface area contributed by atoms with Crippen molar-refractivity contribution in [3.63, 3.8) is 0 Å². The van der Waals surface area contributed by atoms with Crippen LogP contribution in [0.4, 0.5) is 22.4 Å². The average Bonchev–Trinajstić information content (AvgIpc) is 3.20. The molecule has 2 heterocycles. The average molecular weight is 402 g/mol. The van der Waals surface area contributed by atoms with Crippen LogP contribution in [0.1, 0.15) is 30.0 Å². The predicted molar refractivity (Wildman–Crippen MR) is 86.8 cm³/mol. The molecule has 152 valence electrons. The fraction of sp³-hybridized carbons (Fsp3) is 0.556. The molecule has 4 rings (SSSR count). The first-order valence-corrected chi connectivity index (χ1v) is 8.93. The van der Waals surface area contributed by atoms with Crippen LogP contribution in [0.15, 0.2) is 18.2 Å². The van der Waals surface area contributed by atoms with Gasteiger partial charge in [0.05, 0.1) is 24.8 Å². The number of nitrogens with zero attached hydrogens (tertiary/aromatic N) is 1. The highest BCUT2D eigenvalue weighted by Gasteiger charge is 2.56. The molecule has 1 saturated carbocycles. The van der Waals surface area contributed by atoms with Gasteiger partial charge in [0, 0.05) is 17.5 Å². The lowest BCUT2D eigenvalue weighted by Gasteiger charge is -2.36. The zero-order valence-electron chi connectivity index (χ0n) is 14.6. The molecule has 1 unspecified atom stereocenters. The van der Waals surface area contributed by atoms with E-state index in [0.717, 1.165) is 23.5 Å². The number of carbonyl (C=O) groups is 2. The maximum absolute atomic E-state index is 14.5. The summed E-state index contributed by atoms with van der Waals surface area (Å²) in [7, 11) is 0. The van der Waals surface area contributed by atoms with Crippen molar-refractivity contribution in [2.75, 3.05) is 13.2 Å². The van der Waals surface area contributed by atoms with Crippen molar-refractivity contribution in [3.05, 3.63) is 35.1 Å². The minimum Gasteiger partial charge on any atom is -0.465 e. The molecule has 4 atom stereocenters. The van der Waals surface area contributed by atoms with Gasteiger partial charge in [-0.25, -0.2) is 9.18 Å². The Bertz CT molecular complexity index is 811. The smallest absolute Gasteiger partial charge is 0.416 e. The topological polar surface area (TPSA) is 78.9 Å². The number of rotatable bonds is 4. The second kappa shape index (κ2) is 6.61. The molecule has 1 aromatic carbocycles. The Labute approximate surface area is 157 Å². The fourth-order valence-electron chi connectivity index (χ4n) is 4.07. The van der Waals surface area contributed by atoms with E-state index in [1.54, 1.807) is 0 Å². The number of nitrogens with one attached hydrogen (secondary N) is 1. The lowest BCUT2D eigenvalue weighted by Crippen LogP contribution is -2.51. The molecule has 10 heteroatoms. The number of likely N-dealkylation sites (tertiary alicyclic amines) is 1. The van der Waals surface area contributed by atoms with Crippen LogP contribution in [0.25, 0.3) is 0 Å². The second-order valence-electron chi connectivity index (χ2n) is 7.52. The Morgan fingerprint density at radius 2 is 1.96 bits per heavy atom. The van der Waals surface area contributed by atoms with Gasteiger partial charge in [0.2, 0.25) is 5.91 Å². The third kappa shape index (κ3) is 3.30. The van der Waals surface area contributed by atoms with Gasteiger partial charge in [0.1, 0.15) is 11.9 Å². The summed E-state index contributed by atoms with van der Waals surface area (Å²) in [6.45, 7) is 0.452. The number of carbonyl (C=O) groups excluding carboxylic acids is 1. The first-order valence-electron chi connectivity index (χ1n) is 8.93. The van der Waals surface area contributed by atoms with Crippen LogP contribution in [0, 0.1) is 17.7 Å². The molecule has 0 spiro atoms. The van der Waals surface area contributed by atoms with Crippen molar-refractivity contribution in [1.82, 2.24) is 10.2 Å². The number of carboxylic acid groups (broad SMARTS) is 1. The number of halogens is 4. The SMILES string of the molecule is O=C(NC(c1ccc(C(F)(F)F)cc1F)C1COC1)[C@H]1C[C@H]2C[C@H]2N1C(=O)O. The molecule has 0 bridgehead atoms. The van der Waals surface area contributed by atoms with E-state index in [1.165, 1.54) is 0 Å². The molecule has 2 saturated heterocycles. The summed E-state index contributed by atoms with van der Waals surface area (Å²) in [6.07, 6.45) is -4.74. The molecule has 1 aromatic rings. The van der Waals surface area contributed by atoms with Crippen LogP contribution in [0.5, 0.6) is 0 Å². The van der Waals surface area contributed by atoms with E-state index in [9.17, 15) is 32.3 Å². The summed E-state index contributed by atoms with van der Waals surface area (Å²) >= 11 is 0. The zero-order chi connectivity index (χ0) is 20.2. The Balaban J connectivity index is 1.56. The molecule has 0 aromatic heterocycles. The number of hydrogen-bond donors (Lipinski definition) is 2. The van der Waals surface area contributed by atoms with Crippen LogP contribution in [-0.4, -0.2) is 47.3 Å². The van der Waals surface area contributed by atoms with Gasteiger partial charge in [0.15, 0.2) is 0 Å². The standard InChI is InChI=1S/C18H18F4N2O4/c19-12-5-10(18(20,21)22)1-2-11(12)15(9-6-28-7-9)23-16(25)14-4-8-3-13(8)24(14)17(26)27/h1-2,5,8-9,13-15H,3-4,6-7H2,(H,23,25)(H,26,27)/t8-,13-,14-,15?/m1/s1. The summed E-state index contributed by atoms with van der Waals surface area (Å²) in [5.41, 5.74) is -1.18. The number of ether oxygens (including phenoxy) is 1. The summed E-state index contributed by atoms with van der Waals surface area (Å²) in [4.78, 5) is 25.3. The number of benzene rings is 1. The third-order valence-corrected chi connectivity index (χ3v) is 5.72. The summed E-state index contributed by atoms with van der Waals surface area (Å²) < 4.78 is 57.9. The van der Waals surface area contributed by atoms with E-state index in [2.05, 4.69) is 5.32 Å². The molecule has 0 radical (unpaired) electrons. The first-order chi connectivity index (χ1) is 13.2. The third-order valence-electron chi connectivity index (χ3n) is 5.72. The predicted octanol–water partition coefficient (Wildman–Crippen LogP) is 2.79. The summed E-state index contributed by atoms with van der Waals surface area (Å²) in [5.74, 6) is -1.79. The van der Waals surface area contributed by atoms with Crippen molar-refractivity contribution in [3.8, 4) is 0 Å². The van der Waals surface area contributed by atoms with Crippen molar-refractivity contribution >= 4 is 12.0 Å². The van der Waals surface area contributed by atoms with Gasteiger partial charge in [-0.15, -0.1) is 0 Å². The molecule has 28 heavy (non-hydrogen) atoms. The van der Waals surface area contributed by atoms with E-state index in [1.807, 2.05) is 0 Å². The van der Waals surface area contributed by atoms with E-state index in [0.29, 0.717) is 12.5 Å². The molecule has 3 fully saturated rings. The molecular formula is C18H18F4N2O4. The normalized spacial score (nSPS) is 27.7. The quantitative estimate of drug-likeness (QED) is 0.760. The van der Waals surface area contributed by atoms with Crippen molar-refractivity contribution in [2.24, 2.45) is 11.8 Å². The minimum absolute atomic E-state index is 0.0697. The Morgan fingerprint density at radius 3 is 2.50 bits per heavy atom. The lowest BCUT2D eigenvalue weighted by atomic mass is 9.90. The van der Waals surface area contributed by atoms with Gasteiger partial charge in [0.25, 0.3) is 0 Å². The Kier molecular flexibility index (Phi) is 4.48. The maximum Gasteiger partial charge on any atom is 0.416 e. The minimum atomic E-state index is -4.68. The van der Waals surface area contributed by atoms with Crippen molar-refractivity contribution in [2.45, 2.75) is 37.1 Å². The highest BCUT2D eigenvalue weighted by molar-refractivity contribution is 5.87. The molecule has 2 aliphatic heterocycles. The summed E-state index contributed by atoms with van der Waals surface area (Å²) in [5, 5.41) is 12.0. The van der Waals surface area contributed by atoms with Crippen molar-refractivity contribution < 1.29 is 37.0 Å². The Morgan fingerprint density at radius 1 is 1.25 bits per heavy atom. The van der Waals surface area contributed by atoms with E-state index in [-0.39, 0.29) is 36.7 Å². The van der Waals surface area contributed by atoms with E-state index < -0.39 is 41.6 Å². The van der Waals surface area contributed by atoms with Crippen molar-refractivity contribution in [1.29, 1.82) is 0 Å². The molecule has 6 nitrogen and oxygen atoms in total. The lowest BCUT2D eigenvalue weighted by molar-refractivity contribution is -0.138. The largest absolute Gasteiger partial charge is 0.465 e. The molecule has 1 aliphatic carbocycles. The van der Waals surface area contributed by atoms with Gasteiger partial charge in [-0.1, -0.05) is 6.07 Å². The fourth-order valence-corrected chi connectivity index (χ4v) is 4.07. The van der Waals surface area contributed by atoms with Crippen LogP contribution in [-0.2, 0) is 15.7 Å². The number of alkyl halides is 3. The number of piperidine rings is 1. The maximum atomic E-state index is 14.5. The van der Waals surface area contributed by atoms with Crippen LogP contribution in [0.3, 0.4) is 0 Å². The van der Waals surface area contributed by atoms with Gasteiger partial charge in [-0.3, -0.25) is 9.69 Å². The highest BCUT2D eigenvalue weighted by Crippen LogP contribution is 2.48. The number of amides is 2. The monoisotopic (exact) mass is 402 g/mol. The Hall–Kier alpha value is -2.36. The molecule has 3 aliphatic rings. The molecule has 2 amide bonds. The number of hydrogen-bond acceptors (Lipinski definition) is 3. The van der Waals surface area contributed by atoms with Gasteiger partial charge < -0.3 is 15.2 Å². The highest BCUT2D eigenvalue weighted by atomic mass is 19.4. The van der Waals surface area contributed by atoms with E-state index in [4.69, 9.17) is 4.74 Å². The first kappa shape index (κ1) is 19.0. The van der Waals surface area contributed by atoms with Gasteiger partial charge in [-0.2, -0.15) is 13.2 Å². The molecule has 2 N–H and O–H groups in total. The van der Waals surface area contributed by atoms with Crippen LogP contribution < -0.4 is 5.32 Å². The second-order valence-corrected chi connectivity index (χ2v) is 7.52.